The number of aromatic nitrogens is 1. The molecule has 1 nitrogen and oxygen atoms in total. The highest BCUT2D eigenvalue weighted by Gasteiger charge is 2.19. The summed E-state index contributed by atoms with van der Waals surface area (Å²) in [5.74, 6) is -1.15. The van der Waals surface area contributed by atoms with E-state index in [4.69, 9.17) is 0 Å². The molecule has 0 aromatic carbocycles. The minimum absolute atomic E-state index is 0.00463. The lowest BCUT2D eigenvalue weighted by Crippen LogP contribution is -1.96. The summed E-state index contributed by atoms with van der Waals surface area (Å²) < 4.78 is 37.2. The van der Waals surface area contributed by atoms with E-state index in [0.29, 0.717) is 4.47 Å². The van der Waals surface area contributed by atoms with Crippen molar-refractivity contribution in [2.24, 2.45) is 0 Å². The summed E-state index contributed by atoms with van der Waals surface area (Å²) >= 11 is 5.76. The van der Waals surface area contributed by atoms with Crippen LogP contribution in [0.15, 0.2) is 15.1 Å². The van der Waals surface area contributed by atoms with Crippen LogP contribution in [0, 0.1) is 5.95 Å². The molecule has 1 heterocycles. The van der Waals surface area contributed by atoms with Crippen LogP contribution in [0.3, 0.4) is 0 Å². The number of hydrogen-bond donors (Lipinski definition) is 0. The Bertz CT molecular complexity index is 303. The first-order valence-corrected chi connectivity index (χ1v) is 4.40. The van der Waals surface area contributed by atoms with Gasteiger partial charge in [-0.3, -0.25) is 0 Å². The van der Waals surface area contributed by atoms with E-state index in [2.05, 4.69) is 36.8 Å². The second-order valence-electron chi connectivity index (χ2n) is 1.93. The summed E-state index contributed by atoms with van der Waals surface area (Å²) in [6.45, 7) is 0. The van der Waals surface area contributed by atoms with Gasteiger partial charge in [-0.15, -0.1) is 0 Å². The standard InChI is InChI=1S/C6H2Br2F3N/c7-2-1-12-6(11)3(4(2)8)5(9)10/h1,5H. The molecular weight excluding hydrogens is 303 g/mol. The number of nitrogens with zero attached hydrogens (tertiary/aromatic N) is 1. The van der Waals surface area contributed by atoms with Crippen LogP contribution >= 0.6 is 31.9 Å². The van der Waals surface area contributed by atoms with Crippen molar-refractivity contribution >= 4 is 31.9 Å². The molecule has 0 saturated carbocycles. The molecule has 1 aromatic heterocycles. The topological polar surface area (TPSA) is 12.9 Å². The maximum Gasteiger partial charge on any atom is 0.269 e. The van der Waals surface area contributed by atoms with E-state index in [1.165, 1.54) is 0 Å². The molecule has 12 heavy (non-hydrogen) atoms. The van der Waals surface area contributed by atoms with Gasteiger partial charge in [-0.2, -0.15) is 4.39 Å². The van der Waals surface area contributed by atoms with Crippen LogP contribution in [0.5, 0.6) is 0 Å². The van der Waals surface area contributed by atoms with Crippen LogP contribution in [0.1, 0.15) is 12.0 Å². The third kappa shape index (κ3) is 1.80. The molecule has 1 aromatic rings. The second-order valence-corrected chi connectivity index (χ2v) is 3.57. The average Bonchev–Trinajstić information content (AvgIpc) is 1.97. The molecule has 0 unspecified atom stereocenters. The molecule has 0 radical (unpaired) electrons. The summed E-state index contributed by atoms with van der Waals surface area (Å²) in [6, 6.07) is 0. The SMILES string of the molecule is Fc1ncc(Br)c(Br)c1C(F)F. The van der Waals surface area contributed by atoms with Crippen molar-refractivity contribution in [2.45, 2.75) is 6.43 Å². The molecular formula is C6H2Br2F3N. The maximum absolute atomic E-state index is 12.6. The van der Waals surface area contributed by atoms with Crippen molar-refractivity contribution in [3.05, 3.63) is 26.7 Å². The third-order valence-electron chi connectivity index (χ3n) is 1.18. The molecule has 0 amide bonds. The van der Waals surface area contributed by atoms with E-state index in [0.717, 1.165) is 6.20 Å². The van der Waals surface area contributed by atoms with E-state index >= 15 is 0 Å². The van der Waals surface area contributed by atoms with Crippen molar-refractivity contribution in [1.29, 1.82) is 0 Å². The second kappa shape index (κ2) is 3.74. The molecule has 1 rings (SSSR count). The highest BCUT2D eigenvalue weighted by Crippen LogP contribution is 2.33. The van der Waals surface area contributed by atoms with Crippen molar-refractivity contribution in [3.8, 4) is 0 Å². The van der Waals surface area contributed by atoms with Gasteiger partial charge < -0.3 is 0 Å². The summed E-state index contributed by atoms with van der Waals surface area (Å²) in [6.07, 6.45) is -1.75. The Morgan fingerprint density at radius 2 is 1.92 bits per heavy atom. The average molecular weight is 305 g/mol. The van der Waals surface area contributed by atoms with Gasteiger partial charge in [0.1, 0.15) is 0 Å². The minimum atomic E-state index is -2.87. The van der Waals surface area contributed by atoms with Gasteiger partial charge in [0.15, 0.2) is 0 Å². The van der Waals surface area contributed by atoms with Gasteiger partial charge in [0.2, 0.25) is 5.95 Å². The lowest BCUT2D eigenvalue weighted by molar-refractivity contribution is 0.144. The number of rotatable bonds is 1. The molecule has 66 valence electrons. The van der Waals surface area contributed by atoms with Gasteiger partial charge in [0, 0.05) is 10.7 Å². The van der Waals surface area contributed by atoms with E-state index in [1.807, 2.05) is 0 Å². The van der Waals surface area contributed by atoms with Crippen molar-refractivity contribution < 1.29 is 13.2 Å². The highest BCUT2D eigenvalue weighted by atomic mass is 79.9. The molecule has 0 aliphatic heterocycles. The van der Waals surface area contributed by atoms with Crippen molar-refractivity contribution in [3.63, 3.8) is 0 Å². The lowest BCUT2D eigenvalue weighted by atomic mass is 10.3. The van der Waals surface area contributed by atoms with Crippen molar-refractivity contribution in [2.75, 3.05) is 0 Å². The van der Waals surface area contributed by atoms with Crippen molar-refractivity contribution in [1.82, 2.24) is 4.98 Å². The number of alkyl halides is 2. The fourth-order valence-electron chi connectivity index (χ4n) is 0.645. The van der Waals surface area contributed by atoms with Gasteiger partial charge >= 0.3 is 0 Å². The summed E-state index contributed by atoms with van der Waals surface area (Å²) in [5.41, 5.74) is -0.718. The Morgan fingerprint density at radius 1 is 1.33 bits per heavy atom. The summed E-state index contributed by atoms with van der Waals surface area (Å²) in [5, 5.41) is 0. The number of halogens is 5. The zero-order chi connectivity index (χ0) is 9.30. The van der Waals surface area contributed by atoms with Gasteiger partial charge in [0.05, 0.1) is 10.0 Å². The molecule has 0 fully saturated rings. The zero-order valence-electron chi connectivity index (χ0n) is 5.49. The van der Waals surface area contributed by atoms with E-state index in [9.17, 15) is 13.2 Å². The van der Waals surface area contributed by atoms with Crippen LogP contribution in [-0.4, -0.2) is 4.98 Å². The summed E-state index contributed by atoms with van der Waals surface area (Å²) in [4.78, 5) is 3.14. The molecule has 0 aliphatic carbocycles. The normalized spacial score (nSPS) is 10.8. The van der Waals surface area contributed by atoms with Gasteiger partial charge in [0.25, 0.3) is 6.43 Å². The van der Waals surface area contributed by atoms with Crippen LogP contribution in [0.2, 0.25) is 0 Å². The fourth-order valence-corrected chi connectivity index (χ4v) is 1.40. The first-order chi connectivity index (χ1) is 5.54. The predicted molar refractivity (Wildman–Crippen MR) is 44.6 cm³/mol. The molecule has 0 atom stereocenters. The Labute approximate surface area is 83.2 Å². The lowest BCUT2D eigenvalue weighted by Gasteiger charge is -2.04. The number of hydrogen-bond acceptors (Lipinski definition) is 1. The number of pyridine rings is 1. The van der Waals surface area contributed by atoms with Crippen LogP contribution in [0.25, 0.3) is 0 Å². The van der Waals surface area contributed by atoms with Crippen LogP contribution in [-0.2, 0) is 0 Å². The first kappa shape index (κ1) is 9.98. The van der Waals surface area contributed by atoms with Gasteiger partial charge in [-0.25, -0.2) is 13.8 Å². The van der Waals surface area contributed by atoms with Crippen LogP contribution in [0.4, 0.5) is 13.2 Å². The Kier molecular flexibility index (Phi) is 3.11. The Balaban J connectivity index is 3.33. The molecule has 0 N–H and O–H groups in total. The van der Waals surface area contributed by atoms with Crippen LogP contribution < -0.4 is 0 Å². The first-order valence-electron chi connectivity index (χ1n) is 2.81. The quantitative estimate of drug-likeness (QED) is 0.721. The maximum atomic E-state index is 12.6. The molecule has 6 heteroatoms. The zero-order valence-corrected chi connectivity index (χ0v) is 8.66. The third-order valence-corrected chi connectivity index (χ3v) is 3.17. The van der Waals surface area contributed by atoms with Gasteiger partial charge in [-0.05, 0) is 31.9 Å². The molecule has 0 saturated heterocycles. The summed E-state index contributed by atoms with van der Waals surface area (Å²) in [7, 11) is 0. The molecule has 0 aliphatic rings. The van der Waals surface area contributed by atoms with E-state index in [-0.39, 0.29) is 4.47 Å². The Hall–Kier alpha value is -0.100. The highest BCUT2D eigenvalue weighted by molar-refractivity contribution is 9.13. The largest absolute Gasteiger partial charge is 0.269 e. The minimum Gasteiger partial charge on any atom is -0.227 e. The monoisotopic (exact) mass is 303 g/mol. The van der Waals surface area contributed by atoms with E-state index < -0.39 is 17.9 Å². The van der Waals surface area contributed by atoms with Gasteiger partial charge in [-0.1, -0.05) is 0 Å². The smallest absolute Gasteiger partial charge is 0.227 e. The molecule has 0 bridgehead atoms. The van der Waals surface area contributed by atoms with E-state index in [1.54, 1.807) is 0 Å². The predicted octanol–water partition coefficient (Wildman–Crippen LogP) is 3.68. The molecule has 0 spiro atoms. The Morgan fingerprint density at radius 3 is 2.33 bits per heavy atom. The fraction of sp³-hybridized carbons (Fsp3) is 0.167.